The predicted octanol–water partition coefficient (Wildman–Crippen LogP) is -7.07. The predicted molar refractivity (Wildman–Crippen MR) is 161 cm³/mol. The molecule has 0 atom stereocenters. The lowest BCUT2D eigenvalue weighted by Crippen LogP contribution is -2.21. The van der Waals surface area contributed by atoms with E-state index in [4.69, 9.17) is 0 Å². The number of rotatable bonds is 0. The van der Waals surface area contributed by atoms with Gasteiger partial charge in [0.05, 0.1) is 0 Å². The lowest BCUT2D eigenvalue weighted by molar-refractivity contribution is 1.07. The monoisotopic (exact) mass is 672 g/mol. The van der Waals surface area contributed by atoms with Crippen molar-refractivity contribution in [3.05, 3.63) is 125 Å². The van der Waals surface area contributed by atoms with E-state index in [1.54, 1.807) is 0 Å². The number of aromatic amines is 16. The van der Waals surface area contributed by atoms with E-state index in [0.29, 0.717) is 0 Å². The van der Waals surface area contributed by atoms with Crippen LogP contribution in [0.4, 0.5) is 0 Å². The summed E-state index contributed by atoms with van der Waals surface area (Å²) in [6, 6.07) is 0. The average molecular weight is 672 g/mol. The van der Waals surface area contributed by atoms with Crippen LogP contribution in [0.5, 0.6) is 0 Å². The Balaban J connectivity index is 0.000000125. The van der Waals surface area contributed by atoms with Crippen molar-refractivity contribution in [2.75, 3.05) is 0 Å². The highest BCUT2D eigenvalue weighted by Gasteiger charge is 2.05. The van der Waals surface area contributed by atoms with Gasteiger partial charge in [-0.15, -0.1) is 0 Å². The molecule has 0 saturated heterocycles. The van der Waals surface area contributed by atoms with Crippen LogP contribution < -0.4 is 67.8 Å². The fourth-order valence-corrected chi connectivity index (χ4v) is 3.83. The number of imidazole rings is 4. The van der Waals surface area contributed by atoms with E-state index in [0.717, 1.165) is 0 Å². The zero-order chi connectivity index (χ0) is 34.9. The van der Waals surface area contributed by atoms with Crippen molar-refractivity contribution in [1.29, 1.82) is 0 Å². The average Bonchev–Trinajstić information content (AvgIpc) is 3.74. The van der Waals surface area contributed by atoms with E-state index in [2.05, 4.69) is 59.8 Å². The Kier molecular flexibility index (Phi) is 7.85. The van der Waals surface area contributed by atoms with Crippen molar-refractivity contribution in [2.24, 2.45) is 0 Å². The van der Waals surface area contributed by atoms with Gasteiger partial charge in [-0.2, -0.15) is 0 Å². The molecule has 28 heteroatoms. The molecule has 8 aromatic heterocycles. The van der Waals surface area contributed by atoms with Crippen LogP contribution in [-0.2, 0) is 0 Å². The minimum atomic E-state index is -0.650. The van der Waals surface area contributed by atoms with Crippen LogP contribution in [0.1, 0.15) is 0 Å². The van der Waals surface area contributed by atoms with Crippen LogP contribution in [0, 0.1) is 0 Å². The highest BCUT2D eigenvalue weighted by Crippen LogP contribution is 1.91. The fraction of sp³-hybridized carbons (Fsp3) is 0. The minimum Gasteiger partial charge on any atom is -0.300 e. The van der Waals surface area contributed by atoms with Gasteiger partial charge in [0.15, 0.2) is 0 Å². The lowest BCUT2D eigenvalue weighted by Gasteiger charge is -1.83. The minimum absolute atomic E-state index is 0.0413. The van der Waals surface area contributed by atoms with Crippen LogP contribution in [0.25, 0.3) is 44.7 Å². The normalized spacial score (nSPS) is 10.7. The summed E-state index contributed by atoms with van der Waals surface area (Å²) in [6.45, 7) is 0. The zero-order valence-electron chi connectivity index (χ0n) is 22.9. The van der Waals surface area contributed by atoms with Crippen molar-refractivity contribution < 1.29 is 0 Å². The third-order valence-electron chi connectivity index (χ3n) is 5.68. The van der Waals surface area contributed by atoms with Gasteiger partial charge in [-0.1, -0.05) is 0 Å². The molecule has 0 radical (unpaired) electrons. The quantitative estimate of drug-likeness (QED) is 0.0714. The molecule has 0 aliphatic carbocycles. The smallest absolute Gasteiger partial charge is 0.300 e. The Bertz CT molecular complexity index is 2760. The molecule has 0 bridgehead atoms. The summed E-state index contributed by atoms with van der Waals surface area (Å²) in [5.41, 5.74) is -6.61. The third-order valence-corrected chi connectivity index (χ3v) is 5.68. The maximum absolute atomic E-state index is 10.9. The highest BCUT2D eigenvalue weighted by molar-refractivity contribution is 5.69. The van der Waals surface area contributed by atoms with E-state index in [1.807, 2.05) is 19.9 Å². The first-order valence-corrected chi connectivity index (χ1v) is 12.4. The molecule has 16 N–H and O–H groups in total. The maximum Gasteiger partial charge on any atom is 0.327 e. The highest BCUT2D eigenvalue weighted by atomic mass is 16.2. The lowest BCUT2D eigenvalue weighted by atomic mass is 10.5. The SMILES string of the molecule is O=c1[nH]c(=O)c2[nH]c(=O)[nH]c2[nH]1.O=c1[nH]c(=O)c2[nH]c(=O)[nH]c2[nH]1.O=c1[nH]c(=O)c2[nH]c(=O)[nH]c2[nH]1.O=c1[nH]c(=O)c2[nH]c(=O)[nH]c2[nH]1. The summed E-state index contributed by atoms with van der Waals surface area (Å²) in [6.07, 6.45) is 0. The van der Waals surface area contributed by atoms with Crippen molar-refractivity contribution in [3.8, 4) is 0 Å². The van der Waals surface area contributed by atoms with Gasteiger partial charge in [-0.25, -0.2) is 38.4 Å². The number of aromatic nitrogens is 16. The maximum atomic E-state index is 10.9. The molecule has 248 valence electrons. The van der Waals surface area contributed by atoms with E-state index < -0.39 is 67.8 Å². The van der Waals surface area contributed by atoms with Gasteiger partial charge in [-0.05, 0) is 0 Å². The molecule has 0 aromatic carbocycles. The summed E-state index contributed by atoms with van der Waals surface area (Å²) in [7, 11) is 0. The Morgan fingerprint density at radius 1 is 0.188 bits per heavy atom. The van der Waals surface area contributed by atoms with E-state index in [9.17, 15) is 57.5 Å². The molecule has 0 aliphatic heterocycles. The number of H-pyrrole nitrogens is 16. The molecule has 8 rings (SSSR count). The number of fused-ring (bicyclic) bond motifs is 4. The second-order valence-corrected chi connectivity index (χ2v) is 8.95. The standard InChI is InChI=1S/4C5H4N4O3/c4*10-3-1-2(7-4(11)6-1)8-5(12)9-3/h4*(H4,6,7,8,9,10,11,12). The molecule has 28 nitrogen and oxygen atoms in total. The van der Waals surface area contributed by atoms with Crippen LogP contribution in [-0.4, -0.2) is 79.7 Å². The van der Waals surface area contributed by atoms with Crippen molar-refractivity contribution in [3.63, 3.8) is 0 Å². The molecule has 8 aromatic rings. The Morgan fingerprint density at radius 2 is 0.333 bits per heavy atom. The van der Waals surface area contributed by atoms with Gasteiger partial charge in [0.2, 0.25) is 0 Å². The molecular weight excluding hydrogens is 656 g/mol. The van der Waals surface area contributed by atoms with E-state index in [-0.39, 0.29) is 44.7 Å². The summed E-state index contributed by atoms with van der Waals surface area (Å²) < 4.78 is 0. The molecule has 0 aliphatic rings. The van der Waals surface area contributed by atoms with Crippen molar-refractivity contribution >= 4 is 44.7 Å². The molecule has 0 saturated carbocycles. The van der Waals surface area contributed by atoms with E-state index >= 15 is 0 Å². The number of hydrogen-bond acceptors (Lipinski definition) is 12. The molecule has 0 spiro atoms. The molecule has 48 heavy (non-hydrogen) atoms. The van der Waals surface area contributed by atoms with Crippen molar-refractivity contribution in [2.45, 2.75) is 0 Å². The summed E-state index contributed by atoms with van der Waals surface area (Å²) in [5.74, 6) is 0. The summed E-state index contributed by atoms with van der Waals surface area (Å²) >= 11 is 0. The number of hydrogen-bond donors (Lipinski definition) is 16. The summed E-state index contributed by atoms with van der Waals surface area (Å²) in [4.78, 5) is 164. The van der Waals surface area contributed by atoms with Gasteiger partial charge in [0, 0.05) is 0 Å². The van der Waals surface area contributed by atoms with Crippen LogP contribution in [0.3, 0.4) is 0 Å². The second-order valence-electron chi connectivity index (χ2n) is 8.95. The fourth-order valence-electron chi connectivity index (χ4n) is 3.83. The molecular formula is C20H16N16O12. The molecule has 0 fully saturated rings. The second kappa shape index (κ2) is 12.1. The van der Waals surface area contributed by atoms with Gasteiger partial charge in [-0.3, -0.25) is 98.9 Å². The van der Waals surface area contributed by atoms with Gasteiger partial charge in [0.1, 0.15) is 44.7 Å². The topological polar surface area (TPSA) is 457 Å². The molecule has 0 amide bonds. The van der Waals surface area contributed by atoms with Gasteiger partial charge >= 0.3 is 45.5 Å². The van der Waals surface area contributed by atoms with E-state index in [1.165, 1.54) is 0 Å². The summed E-state index contributed by atoms with van der Waals surface area (Å²) in [5, 5.41) is 0. The van der Waals surface area contributed by atoms with Crippen LogP contribution in [0.2, 0.25) is 0 Å². The Morgan fingerprint density at radius 3 is 0.500 bits per heavy atom. The van der Waals surface area contributed by atoms with Crippen LogP contribution in [0.15, 0.2) is 57.5 Å². The molecule has 0 unspecified atom stereocenters. The first kappa shape index (κ1) is 31.2. The third kappa shape index (κ3) is 6.64. The Hall–Kier alpha value is -8.20. The zero-order valence-corrected chi connectivity index (χ0v) is 22.9. The number of nitrogens with one attached hydrogen (secondary N) is 16. The van der Waals surface area contributed by atoms with Crippen LogP contribution >= 0.6 is 0 Å². The molecule has 8 heterocycles. The van der Waals surface area contributed by atoms with Crippen molar-refractivity contribution in [1.82, 2.24) is 79.7 Å². The largest absolute Gasteiger partial charge is 0.327 e. The first-order chi connectivity index (χ1) is 22.7. The Labute approximate surface area is 250 Å². The van der Waals surface area contributed by atoms with Gasteiger partial charge in [0.25, 0.3) is 22.2 Å². The first-order valence-electron chi connectivity index (χ1n) is 12.4. The van der Waals surface area contributed by atoms with Gasteiger partial charge < -0.3 is 0 Å².